The van der Waals surface area contributed by atoms with Gasteiger partial charge in [-0.15, -0.1) is 0 Å². The van der Waals surface area contributed by atoms with E-state index in [0.29, 0.717) is 11.3 Å². The summed E-state index contributed by atoms with van der Waals surface area (Å²) in [7, 11) is 0. The van der Waals surface area contributed by atoms with Gasteiger partial charge in [0.2, 0.25) is 0 Å². The highest BCUT2D eigenvalue weighted by Gasteiger charge is 2.03. The smallest absolute Gasteiger partial charge is 0.255 e. The maximum Gasteiger partial charge on any atom is 0.255 e. The van der Waals surface area contributed by atoms with Crippen molar-refractivity contribution in [2.24, 2.45) is 0 Å². The van der Waals surface area contributed by atoms with Crippen LogP contribution in [-0.4, -0.2) is 5.91 Å². The lowest BCUT2D eigenvalue weighted by molar-refractivity contribution is 0.102. The number of nitrogens with two attached hydrogens (primary N) is 1. The van der Waals surface area contributed by atoms with Gasteiger partial charge in [-0.2, -0.15) is 0 Å². The number of carbonyl (C=O) groups is 1. The summed E-state index contributed by atoms with van der Waals surface area (Å²) in [4.78, 5) is 11.8. The minimum Gasteiger partial charge on any atom is -0.399 e. The second-order valence-electron chi connectivity index (χ2n) is 3.44. The van der Waals surface area contributed by atoms with E-state index in [0.717, 1.165) is 5.69 Å². The molecule has 2 rings (SSSR count). The fraction of sp³-hybridized carbons (Fsp3) is 0.235. The molecule has 0 fully saturated rings. The Morgan fingerprint density at radius 3 is 1.85 bits per heavy atom. The number of benzene rings is 2. The Balaban J connectivity index is 0.000000829. The molecule has 0 unspecified atom stereocenters. The van der Waals surface area contributed by atoms with Gasteiger partial charge in [0.05, 0.1) is 0 Å². The van der Waals surface area contributed by atoms with Gasteiger partial charge in [-0.05, 0) is 36.4 Å². The molecule has 0 bridgehead atoms. The summed E-state index contributed by atoms with van der Waals surface area (Å²) >= 11 is 0. The molecule has 0 spiro atoms. The van der Waals surface area contributed by atoms with Crippen LogP contribution in [0.3, 0.4) is 0 Å². The summed E-state index contributed by atoms with van der Waals surface area (Å²) in [5.74, 6) is -0.120. The average Bonchev–Trinajstić information content (AvgIpc) is 2.54. The molecule has 2 aromatic rings. The van der Waals surface area contributed by atoms with Gasteiger partial charge in [0.25, 0.3) is 5.91 Å². The number of amides is 1. The first kappa shape index (κ1) is 17.7. The van der Waals surface area contributed by atoms with Gasteiger partial charge in [-0.25, -0.2) is 0 Å². The van der Waals surface area contributed by atoms with E-state index in [2.05, 4.69) is 5.32 Å². The molecule has 0 aliphatic rings. The summed E-state index contributed by atoms with van der Waals surface area (Å²) < 4.78 is 0. The van der Waals surface area contributed by atoms with Crippen LogP contribution in [-0.2, 0) is 0 Å². The van der Waals surface area contributed by atoms with Gasteiger partial charge < -0.3 is 11.1 Å². The normalized spacial score (nSPS) is 8.40. The second kappa shape index (κ2) is 10.6. The van der Waals surface area contributed by atoms with E-state index in [1.807, 2.05) is 45.9 Å². The lowest BCUT2D eigenvalue weighted by atomic mass is 10.2. The molecule has 20 heavy (non-hydrogen) atoms. The predicted octanol–water partition coefficient (Wildman–Crippen LogP) is 4.57. The predicted molar refractivity (Wildman–Crippen MR) is 87.9 cm³/mol. The molecule has 108 valence electrons. The third-order valence-electron chi connectivity index (χ3n) is 2.20. The first-order chi connectivity index (χ1) is 9.75. The van der Waals surface area contributed by atoms with Crippen LogP contribution in [0.2, 0.25) is 0 Å². The van der Waals surface area contributed by atoms with Gasteiger partial charge >= 0.3 is 0 Å². The highest BCUT2D eigenvalue weighted by atomic mass is 16.1. The van der Waals surface area contributed by atoms with Crippen LogP contribution in [0.25, 0.3) is 0 Å². The van der Waals surface area contributed by atoms with Crippen molar-refractivity contribution < 1.29 is 4.79 Å². The number of hydrogen-bond donors (Lipinski definition) is 2. The highest BCUT2D eigenvalue weighted by molar-refractivity contribution is 6.04. The third kappa shape index (κ3) is 6.05. The maximum atomic E-state index is 11.8. The first-order valence-corrected chi connectivity index (χ1v) is 6.97. The Labute approximate surface area is 121 Å². The van der Waals surface area contributed by atoms with Crippen LogP contribution in [0.5, 0.6) is 0 Å². The molecule has 0 saturated carbocycles. The molecule has 1 amide bonds. The Kier molecular flexibility index (Phi) is 9.40. The quantitative estimate of drug-likeness (QED) is 0.786. The summed E-state index contributed by atoms with van der Waals surface area (Å²) in [5.41, 5.74) is 7.61. The molecule has 3 heteroatoms. The monoisotopic (exact) mass is 272 g/mol. The van der Waals surface area contributed by atoms with Crippen molar-refractivity contribution in [1.82, 2.24) is 0 Å². The van der Waals surface area contributed by atoms with Crippen LogP contribution in [0.4, 0.5) is 11.4 Å². The summed E-state index contributed by atoms with van der Waals surface area (Å²) in [6.45, 7) is 8.00. The standard InChI is InChI=1S/C13H12N2O.2C2H6/c14-11-6-8-12(9-7-11)15-13(16)10-4-2-1-3-5-10;2*1-2/h1-9H,14H2,(H,15,16);2*1-2H3. The van der Waals surface area contributed by atoms with Crippen molar-refractivity contribution >= 4 is 17.3 Å². The number of rotatable bonds is 2. The zero-order chi connectivity index (χ0) is 15.4. The molecule has 0 aliphatic carbocycles. The van der Waals surface area contributed by atoms with Gasteiger partial charge in [0, 0.05) is 16.9 Å². The Hall–Kier alpha value is -2.29. The van der Waals surface area contributed by atoms with Crippen molar-refractivity contribution in [2.45, 2.75) is 27.7 Å². The number of anilines is 2. The van der Waals surface area contributed by atoms with E-state index in [4.69, 9.17) is 5.73 Å². The maximum absolute atomic E-state index is 11.8. The van der Waals surface area contributed by atoms with E-state index >= 15 is 0 Å². The van der Waals surface area contributed by atoms with E-state index in [1.54, 1.807) is 36.4 Å². The minimum atomic E-state index is -0.120. The van der Waals surface area contributed by atoms with Crippen molar-refractivity contribution in [3.8, 4) is 0 Å². The average molecular weight is 272 g/mol. The minimum absolute atomic E-state index is 0.120. The topological polar surface area (TPSA) is 55.1 Å². The van der Waals surface area contributed by atoms with Crippen LogP contribution >= 0.6 is 0 Å². The molecule has 0 saturated heterocycles. The SMILES string of the molecule is CC.CC.Nc1ccc(NC(=O)c2ccccc2)cc1. The molecular formula is C17H24N2O. The summed E-state index contributed by atoms with van der Waals surface area (Å²) in [5, 5.41) is 2.79. The summed E-state index contributed by atoms with van der Waals surface area (Å²) in [6, 6.07) is 16.1. The largest absolute Gasteiger partial charge is 0.399 e. The van der Waals surface area contributed by atoms with Crippen LogP contribution in [0.15, 0.2) is 54.6 Å². The fourth-order valence-corrected chi connectivity index (χ4v) is 1.36. The van der Waals surface area contributed by atoms with Gasteiger partial charge in [0.15, 0.2) is 0 Å². The van der Waals surface area contributed by atoms with Crippen molar-refractivity contribution in [1.29, 1.82) is 0 Å². The van der Waals surface area contributed by atoms with Crippen molar-refractivity contribution in [3.63, 3.8) is 0 Å². The molecule has 0 aliphatic heterocycles. The molecule has 0 heterocycles. The third-order valence-corrected chi connectivity index (χ3v) is 2.20. The molecule has 0 atom stereocenters. The van der Waals surface area contributed by atoms with Crippen LogP contribution in [0, 0.1) is 0 Å². The number of nitrogens with one attached hydrogen (secondary N) is 1. The Morgan fingerprint density at radius 1 is 0.850 bits per heavy atom. The van der Waals surface area contributed by atoms with Gasteiger partial charge in [-0.1, -0.05) is 45.9 Å². The molecule has 2 aromatic carbocycles. The molecule has 0 aromatic heterocycles. The van der Waals surface area contributed by atoms with Crippen molar-refractivity contribution in [2.75, 3.05) is 11.1 Å². The van der Waals surface area contributed by atoms with E-state index < -0.39 is 0 Å². The fourth-order valence-electron chi connectivity index (χ4n) is 1.36. The van der Waals surface area contributed by atoms with Gasteiger partial charge in [0.1, 0.15) is 0 Å². The lowest BCUT2D eigenvalue weighted by Gasteiger charge is -2.05. The Bertz CT molecular complexity index is 478. The van der Waals surface area contributed by atoms with Gasteiger partial charge in [-0.3, -0.25) is 4.79 Å². The molecule has 3 nitrogen and oxygen atoms in total. The van der Waals surface area contributed by atoms with E-state index in [-0.39, 0.29) is 5.91 Å². The van der Waals surface area contributed by atoms with Crippen LogP contribution in [0.1, 0.15) is 38.1 Å². The zero-order valence-corrected chi connectivity index (χ0v) is 12.7. The number of carbonyl (C=O) groups excluding carboxylic acids is 1. The number of nitrogen functional groups attached to an aromatic ring is 1. The second-order valence-corrected chi connectivity index (χ2v) is 3.44. The zero-order valence-electron chi connectivity index (χ0n) is 12.7. The van der Waals surface area contributed by atoms with Crippen molar-refractivity contribution in [3.05, 3.63) is 60.2 Å². The molecule has 0 radical (unpaired) electrons. The molecular weight excluding hydrogens is 248 g/mol. The molecule has 3 N–H and O–H groups in total. The Morgan fingerprint density at radius 2 is 1.35 bits per heavy atom. The van der Waals surface area contributed by atoms with Crippen LogP contribution < -0.4 is 11.1 Å². The lowest BCUT2D eigenvalue weighted by Crippen LogP contribution is -2.11. The number of hydrogen-bond acceptors (Lipinski definition) is 2. The van der Waals surface area contributed by atoms with E-state index in [1.165, 1.54) is 0 Å². The first-order valence-electron chi connectivity index (χ1n) is 6.97. The summed E-state index contributed by atoms with van der Waals surface area (Å²) in [6.07, 6.45) is 0. The van der Waals surface area contributed by atoms with E-state index in [9.17, 15) is 4.79 Å². The highest BCUT2D eigenvalue weighted by Crippen LogP contribution is 2.11.